The smallest absolute Gasteiger partial charge is 0.282 e. The quantitative estimate of drug-likeness (QED) is 0.210. The Balaban J connectivity index is 1.71. The minimum Gasteiger partial charge on any atom is -0.490 e. The van der Waals surface area contributed by atoms with Crippen LogP contribution in [0.25, 0.3) is 33.5 Å². The molecule has 0 radical (unpaired) electrons. The van der Waals surface area contributed by atoms with E-state index in [1.54, 1.807) is 24.4 Å². The van der Waals surface area contributed by atoms with Gasteiger partial charge in [0.05, 0.1) is 23.2 Å². The molecule has 5 rings (SSSR count). The first kappa shape index (κ1) is 22.6. The van der Waals surface area contributed by atoms with Crippen molar-refractivity contribution in [2.75, 3.05) is 0 Å². The van der Waals surface area contributed by atoms with E-state index in [9.17, 15) is 4.79 Å². The summed E-state index contributed by atoms with van der Waals surface area (Å²) in [6.45, 7) is 3.91. The average Bonchev–Trinajstić information content (AvgIpc) is 3.22. The number of hydrogen-bond acceptors (Lipinski definition) is 5. The molecule has 8 heteroatoms. The normalized spacial score (nSPS) is 11.8. The van der Waals surface area contributed by atoms with Crippen LogP contribution < -0.4 is 10.3 Å². The fraction of sp³-hybridized carbons (Fsp3) is 0.115. The van der Waals surface area contributed by atoms with Crippen LogP contribution in [0, 0.1) is 0 Å². The molecule has 2 heterocycles. The Hall–Kier alpha value is -3.23. The number of para-hydroxylation sites is 1. The number of hydrogen-bond donors (Lipinski definition) is 0. The summed E-state index contributed by atoms with van der Waals surface area (Å²) in [4.78, 5) is 18.2. The topological polar surface area (TPSA) is 69.6 Å². The molecule has 0 spiro atoms. The van der Waals surface area contributed by atoms with Crippen molar-refractivity contribution in [3.05, 3.63) is 91.6 Å². The van der Waals surface area contributed by atoms with Crippen LogP contribution in [0.4, 0.5) is 0 Å². The van der Waals surface area contributed by atoms with Crippen LogP contribution in [0.2, 0.25) is 0 Å². The van der Waals surface area contributed by atoms with E-state index < -0.39 is 0 Å². The zero-order valence-electron chi connectivity index (χ0n) is 18.3. The van der Waals surface area contributed by atoms with E-state index in [2.05, 4.69) is 37.0 Å². The zero-order chi connectivity index (χ0) is 23.8. The van der Waals surface area contributed by atoms with Crippen LogP contribution >= 0.6 is 31.9 Å². The third-order valence-corrected chi connectivity index (χ3v) is 6.09. The summed E-state index contributed by atoms with van der Waals surface area (Å²) in [5, 5.41) is 5.90. The Labute approximate surface area is 212 Å². The number of fused-ring (bicyclic) bond motifs is 2. The van der Waals surface area contributed by atoms with Crippen molar-refractivity contribution < 1.29 is 9.15 Å². The Morgan fingerprint density at radius 2 is 1.79 bits per heavy atom. The lowest BCUT2D eigenvalue weighted by molar-refractivity contribution is 0.242. The van der Waals surface area contributed by atoms with E-state index in [0.29, 0.717) is 33.8 Å². The van der Waals surface area contributed by atoms with E-state index in [1.807, 2.05) is 62.4 Å². The van der Waals surface area contributed by atoms with Gasteiger partial charge in [-0.05, 0) is 68.4 Å². The van der Waals surface area contributed by atoms with Crippen molar-refractivity contribution in [2.45, 2.75) is 20.0 Å². The lowest BCUT2D eigenvalue weighted by Crippen LogP contribution is -2.20. The van der Waals surface area contributed by atoms with Gasteiger partial charge in [-0.1, -0.05) is 44.0 Å². The second-order valence-corrected chi connectivity index (χ2v) is 9.79. The van der Waals surface area contributed by atoms with E-state index in [1.165, 1.54) is 4.68 Å². The van der Waals surface area contributed by atoms with Gasteiger partial charge in [-0.15, -0.1) is 0 Å². The first-order valence-corrected chi connectivity index (χ1v) is 12.2. The van der Waals surface area contributed by atoms with Gasteiger partial charge in [0.2, 0.25) is 5.82 Å². The van der Waals surface area contributed by atoms with E-state index in [4.69, 9.17) is 14.1 Å². The van der Waals surface area contributed by atoms with E-state index in [-0.39, 0.29) is 11.7 Å². The molecule has 170 valence electrons. The number of rotatable bonds is 5. The van der Waals surface area contributed by atoms with Gasteiger partial charge >= 0.3 is 0 Å². The van der Waals surface area contributed by atoms with Crippen LogP contribution in [0.3, 0.4) is 0 Å². The highest BCUT2D eigenvalue weighted by Crippen LogP contribution is 2.29. The summed E-state index contributed by atoms with van der Waals surface area (Å²) in [5.74, 6) is 1.42. The molecule has 0 saturated heterocycles. The van der Waals surface area contributed by atoms with Crippen molar-refractivity contribution >= 4 is 59.9 Å². The number of furan rings is 1. The Bertz CT molecular complexity index is 1620. The Kier molecular flexibility index (Phi) is 6.10. The van der Waals surface area contributed by atoms with Crippen LogP contribution in [-0.4, -0.2) is 22.0 Å². The summed E-state index contributed by atoms with van der Waals surface area (Å²) >= 11 is 6.98. The predicted octanol–water partition coefficient (Wildman–Crippen LogP) is 7.00. The van der Waals surface area contributed by atoms with Gasteiger partial charge < -0.3 is 9.15 Å². The van der Waals surface area contributed by atoms with Crippen LogP contribution in [0.5, 0.6) is 5.75 Å². The summed E-state index contributed by atoms with van der Waals surface area (Å²) in [5.41, 5.74) is 1.69. The zero-order valence-corrected chi connectivity index (χ0v) is 21.5. The SMILES string of the molecule is CC(C)Oc1ccc(Br)cc1C=Nn1c(-c2cc3cc(Br)ccc3o2)nc2ccccc2c1=O. The summed E-state index contributed by atoms with van der Waals surface area (Å²) in [7, 11) is 0. The van der Waals surface area contributed by atoms with Crippen molar-refractivity contribution in [3.63, 3.8) is 0 Å². The van der Waals surface area contributed by atoms with Gasteiger partial charge in [-0.3, -0.25) is 4.79 Å². The first-order valence-electron chi connectivity index (χ1n) is 10.6. The van der Waals surface area contributed by atoms with E-state index >= 15 is 0 Å². The molecule has 0 saturated carbocycles. The molecule has 2 aromatic heterocycles. The molecular weight excluding hydrogens is 562 g/mol. The molecule has 6 nitrogen and oxygen atoms in total. The fourth-order valence-electron chi connectivity index (χ4n) is 3.62. The fourth-order valence-corrected chi connectivity index (χ4v) is 4.37. The molecule has 0 N–H and O–H groups in total. The van der Waals surface area contributed by atoms with Gasteiger partial charge in [0.1, 0.15) is 11.3 Å². The molecule has 0 amide bonds. The van der Waals surface area contributed by atoms with Crippen molar-refractivity contribution in [2.24, 2.45) is 5.10 Å². The maximum atomic E-state index is 13.5. The third kappa shape index (κ3) is 4.43. The molecule has 0 unspecified atom stereocenters. The monoisotopic (exact) mass is 579 g/mol. The number of aromatic nitrogens is 2. The lowest BCUT2D eigenvalue weighted by Gasteiger charge is -2.12. The standard InChI is InChI=1S/C26H19Br2N3O3/c1-15(2)33-23-10-8-19(28)12-17(23)14-29-31-25(30-21-6-4-3-5-20(21)26(31)32)24-13-16-11-18(27)7-9-22(16)34-24/h3-15H,1-2H3. The van der Waals surface area contributed by atoms with Crippen LogP contribution in [0.1, 0.15) is 19.4 Å². The highest BCUT2D eigenvalue weighted by Gasteiger charge is 2.17. The van der Waals surface area contributed by atoms with Gasteiger partial charge in [0.25, 0.3) is 5.56 Å². The number of nitrogens with zero attached hydrogens (tertiary/aromatic N) is 3. The van der Waals surface area contributed by atoms with Crippen molar-refractivity contribution in [1.29, 1.82) is 0 Å². The molecule has 0 aliphatic rings. The molecule has 0 atom stereocenters. The lowest BCUT2D eigenvalue weighted by atomic mass is 10.2. The highest BCUT2D eigenvalue weighted by molar-refractivity contribution is 9.10. The van der Waals surface area contributed by atoms with Gasteiger partial charge in [-0.2, -0.15) is 9.78 Å². The maximum absolute atomic E-state index is 13.5. The molecule has 0 bridgehead atoms. The molecule has 0 fully saturated rings. The van der Waals surface area contributed by atoms with Crippen LogP contribution in [0.15, 0.2) is 90.0 Å². The van der Waals surface area contributed by atoms with Gasteiger partial charge in [-0.25, -0.2) is 4.98 Å². The third-order valence-electron chi connectivity index (χ3n) is 5.10. The molecule has 3 aromatic carbocycles. The second-order valence-electron chi connectivity index (χ2n) is 7.96. The minimum absolute atomic E-state index is 0.0104. The second kappa shape index (κ2) is 9.19. The largest absolute Gasteiger partial charge is 0.490 e. The summed E-state index contributed by atoms with van der Waals surface area (Å²) in [6.07, 6.45) is 1.59. The summed E-state index contributed by atoms with van der Waals surface area (Å²) < 4.78 is 15.0. The molecule has 0 aliphatic heterocycles. The van der Waals surface area contributed by atoms with Crippen molar-refractivity contribution in [1.82, 2.24) is 9.66 Å². The molecule has 0 aliphatic carbocycles. The first-order chi connectivity index (χ1) is 16.4. The molecule has 34 heavy (non-hydrogen) atoms. The Morgan fingerprint density at radius 1 is 1.03 bits per heavy atom. The van der Waals surface area contributed by atoms with Crippen LogP contribution in [-0.2, 0) is 0 Å². The maximum Gasteiger partial charge on any atom is 0.282 e. The highest BCUT2D eigenvalue weighted by atomic mass is 79.9. The van der Waals surface area contributed by atoms with Gasteiger partial charge in [0, 0.05) is 19.9 Å². The van der Waals surface area contributed by atoms with Gasteiger partial charge in [0.15, 0.2) is 5.76 Å². The Morgan fingerprint density at radius 3 is 2.62 bits per heavy atom. The summed E-state index contributed by atoms with van der Waals surface area (Å²) in [6, 6.07) is 20.4. The van der Waals surface area contributed by atoms with Crippen molar-refractivity contribution in [3.8, 4) is 17.3 Å². The number of benzene rings is 3. The molecule has 5 aromatic rings. The minimum atomic E-state index is -0.292. The molecular formula is C26H19Br2N3O3. The predicted molar refractivity (Wildman–Crippen MR) is 142 cm³/mol. The average molecular weight is 581 g/mol. The van der Waals surface area contributed by atoms with E-state index in [0.717, 1.165) is 19.9 Å². The number of ether oxygens (including phenoxy) is 1. The number of halogens is 2.